The Kier molecular flexibility index (Phi) is 3.92. The minimum atomic E-state index is -0.0456. The predicted octanol–water partition coefficient (Wildman–Crippen LogP) is 2.68. The normalized spacial score (nSPS) is 11.0. The number of benzene rings is 2. The summed E-state index contributed by atoms with van der Waals surface area (Å²) in [6, 6.07) is 15.6. The van der Waals surface area contributed by atoms with E-state index < -0.39 is 0 Å². The Hall–Kier alpha value is -2.62. The van der Waals surface area contributed by atoms with Gasteiger partial charge in [-0.05, 0) is 23.9 Å². The number of para-hydroxylation sites is 1. The first-order valence-electron chi connectivity index (χ1n) is 7.43. The van der Waals surface area contributed by atoms with Gasteiger partial charge in [0.15, 0.2) is 0 Å². The van der Waals surface area contributed by atoms with Crippen LogP contribution < -0.4 is 10.9 Å². The fourth-order valence-electron chi connectivity index (χ4n) is 2.82. The van der Waals surface area contributed by atoms with Crippen LogP contribution in [-0.2, 0) is 11.3 Å². The summed E-state index contributed by atoms with van der Waals surface area (Å²) in [5.74, 6) is -0.0456. The van der Waals surface area contributed by atoms with Crippen LogP contribution in [0.2, 0.25) is 0 Å². The zero-order chi connectivity index (χ0) is 15.5. The molecule has 1 aromatic heterocycles. The summed E-state index contributed by atoms with van der Waals surface area (Å²) in [6.07, 6.45) is 0.724. The van der Waals surface area contributed by atoms with Gasteiger partial charge in [0.2, 0.25) is 5.91 Å². The molecule has 4 heteroatoms. The van der Waals surface area contributed by atoms with Gasteiger partial charge in [-0.3, -0.25) is 9.59 Å². The molecule has 0 aliphatic heterocycles. The minimum Gasteiger partial charge on any atom is -0.356 e. The lowest BCUT2D eigenvalue weighted by molar-refractivity contribution is -0.118. The topological polar surface area (TPSA) is 51.1 Å². The highest BCUT2D eigenvalue weighted by Crippen LogP contribution is 2.22. The first-order chi connectivity index (χ1) is 10.7. The van der Waals surface area contributed by atoms with Gasteiger partial charge in [-0.25, -0.2) is 0 Å². The fourth-order valence-corrected chi connectivity index (χ4v) is 2.82. The molecule has 0 unspecified atom stereocenters. The van der Waals surface area contributed by atoms with Gasteiger partial charge in [-0.1, -0.05) is 36.4 Å². The second-order valence-corrected chi connectivity index (χ2v) is 5.36. The van der Waals surface area contributed by atoms with Crippen LogP contribution in [0.15, 0.2) is 53.3 Å². The van der Waals surface area contributed by atoms with E-state index in [4.69, 9.17) is 0 Å². The lowest BCUT2D eigenvalue weighted by Crippen LogP contribution is -2.25. The lowest BCUT2D eigenvalue weighted by Gasteiger charge is -2.13. The molecule has 3 rings (SSSR count). The van der Waals surface area contributed by atoms with Gasteiger partial charge in [0, 0.05) is 30.8 Å². The Balaban J connectivity index is 2.09. The molecule has 0 bridgehead atoms. The van der Waals surface area contributed by atoms with Crippen molar-refractivity contribution in [1.29, 1.82) is 0 Å². The van der Waals surface area contributed by atoms with E-state index in [1.807, 2.05) is 48.5 Å². The summed E-state index contributed by atoms with van der Waals surface area (Å²) in [6.45, 7) is 2.66. The number of amides is 1. The molecule has 0 fully saturated rings. The van der Waals surface area contributed by atoms with Crippen LogP contribution in [0.3, 0.4) is 0 Å². The van der Waals surface area contributed by atoms with E-state index in [9.17, 15) is 9.59 Å². The highest BCUT2D eigenvalue weighted by molar-refractivity contribution is 6.05. The predicted molar refractivity (Wildman–Crippen MR) is 89.0 cm³/mol. The number of nitrogens with one attached hydrogen (secondary N) is 1. The number of pyridine rings is 1. The number of rotatable bonds is 4. The number of fused-ring (bicyclic) bond motifs is 3. The highest BCUT2D eigenvalue weighted by atomic mass is 16.1. The molecule has 1 N–H and O–H groups in total. The lowest BCUT2D eigenvalue weighted by atomic mass is 10.1. The van der Waals surface area contributed by atoms with E-state index in [-0.39, 0.29) is 11.5 Å². The molecule has 0 aliphatic rings. The number of carbonyl (C=O) groups is 1. The first-order valence-corrected chi connectivity index (χ1v) is 7.43. The second kappa shape index (κ2) is 6.02. The van der Waals surface area contributed by atoms with Crippen molar-refractivity contribution in [1.82, 2.24) is 9.88 Å². The van der Waals surface area contributed by atoms with E-state index in [2.05, 4.69) is 5.32 Å². The van der Waals surface area contributed by atoms with Crippen molar-refractivity contribution in [2.45, 2.75) is 19.9 Å². The van der Waals surface area contributed by atoms with Crippen LogP contribution in [0.25, 0.3) is 21.7 Å². The minimum absolute atomic E-state index is 0.0251. The molecule has 4 nitrogen and oxygen atoms in total. The molecule has 0 saturated heterocycles. The third-order valence-corrected chi connectivity index (χ3v) is 3.82. The summed E-state index contributed by atoms with van der Waals surface area (Å²) >= 11 is 0. The van der Waals surface area contributed by atoms with Gasteiger partial charge in [-0.2, -0.15) is 0 Å². The Bertz CT molecular complexity index is 896. The Morgan fingerprint density at radius 1 is 1.00 bits per heavy atom. The van der Waals surface area contributed by atoms with Crippen molar-refractivity contribution in [3.63, 3.8) is 0 Å². The van der Waals surface area contributed by atoms with Crippen LogP contribution in [0.5, 0.6) is 0 Å². The maximum absolute atomic E-state index is 12.7. The maximum Gasteiger partial charge on any atom is 0.258 e. The van der Waals surface area contributed by atoms with Gasteiger partial charge in [0.1, 0.15) is 0 Å². The molecular formula is C18H18N2O2. The van der Waals surface area contributed by atoms with Crippen molar-refractivity contribution >= 4 is 27.6 Å². The van der Waals surface area contributed by atoms with E-state index in [1.165, 1.54) is 6.92 Å². The number of hydrogen-bond acceptors (Lipinski definition) is 2. The number of aromatic nitrogens is 1. The zero-order valence-corrected chi connectivity index (χ0v) is 12.5. The molecule has 3 aromatic rings. The summed E-state index contributed by atoms with van der Waals surface area (Å²) in [5, 5.41) is 5.57. The number of hydrogen-bond donors (Lipinski definition) is 1. The smallest absolute Gasteiger partial charge is 0.258 e. The number of aryl methyl sites for hydroxylation is 1. The molecule has 0 atom stereocenters. The standard InChI is InChI=1S/C18H18N2O2/c1-13(21)19-11-6-12-20-17-10-5-4-8-15(17)14-7-2-3-9-16(14)18(20)22/h2-5,7-10H,6,11-12H2,1H3,(H,19,21). The molecule has 2 aromatic carbocycles. The number of nitrogens with zero attached hydrogens (tertiary/aromatic N) is 1. The van der Waals surface area contributed by atoms with E-state index in [1.54, 1.807) is 4.57 Å². The van der Waals surface area contributed by atoms with Crippen molar-refractivity contribution in [3.8, 4) is 0 Å². The molecular weight excluding hydrogens is 276 g/mol. The van der Waals surface area contributed by atoms with E-state index >= 15 is 0 Å². The third kappa shape index (κ3) is 2.60. The Morgan fingerprint density at radius 2 is 1.64 bits per heavy atom. The molecule has 0 radical (unpaired) electrons. The van der Waals surface area contributed by atoms with Crippen LogP contribution in [0.1, 0.15) is 13.3 Å². The van der Waals surface area contributed by atoms with E-state index in [0.717, 1.165) is 28.1 Å². The SMILES string of the molecule is CC(=O)NCCCn1c(=O)c2ccccc2c2ccccc21. The summed E-state index contributed by atoms with van der Waals surface area (Å²) in [5.41, 5.74) is 0.964. The van der Waals surface area contributed by atoms with E-state index in [0.29, 0.717) is 13.1 Å². The van der Waals surface area contributed by atoms with Crippen LogP contribution in [0.4, 0.5) is 0 Å². The van der Waals surface area contributed by atoms with Crippen molar-refractivity contribution in [2.24, 2.45) is 0 Å². The summed E-state index contributed by atoms with van der Waals surface area (Å²) < 4.78 is 1.81. The van der Waals surface area contributed by atoms with Crippen molar-refractivity contribution in [2.75, 3.05) is 6.54 Å². The second-order valence-electron chi connectivity index (χ2n) is 5.36. The quantitative estimate of drug-likeness (QED) is 0.594. The monoisotopic (exact) mass is 294 g/mol. The largest absolute Gasteiger partial charge is 0.356 e. The van der Waals surface area contributed by atoms with Gasteiger partial charge < -0.3 is 9.88 Å². The molecule has 1 heterocycles. The van der Waals surface area contributed by atoms with Crippen molar-refractivity contribution in [3.05, 3.63) is 58.9 Å². The van der Waals surface area contributed by atoms with Crippen LogP contribution in [-0.4, -0.2) is 17.0 Å². The van der Waals surface area contributed by atoms with Gasteiger partial charge in [0.25, 0.3) is 5.56 Å². The zero-order valence-electron chi connectivity index (χ0n) is 12.5. The Morgan fingerprint density at radius 3 is 2.36 bits per heavy atom. The average molecular weight is 294 g/mol. The summed E-state index contributed by atoms with van der Waals surface area (Å²) in [7, 11) is 0. The fraction of sp³-hybridized carbons (Fsp3) is 0.222. The maximum atomic E-state index is 12.7. The Labute approximate surface area is 128 Å². The first kappa shape index (κ1) is 14.3. The third-order valence-electron chi connectivity index (χ3n) is 3.82. The van der Waals surface area contributed by atoms with Crippen molar-refractivity contribution < 1.29 is 4.79 Å². The van der Waals surface area contributed by atoms with Crippen LogP contribution in [0, 0.1) is 0 Å². The van der Waals surface area contributed by atoms with Gasteiger partial charge in [-0.15, -0.1) is 0 Å². The molecule has 22 heavy (non-hydrogen) atoms. The number of carbonyl (C=O) groups excluding carboxylic acids is 1. The molecule has 1 amide bonds. The summed E-state index contributed by atoms with van der Waals surface area (Å²) in [4.78, 5) is 23.7. The average Bonchev–Trinajstić information content (AvgIpc) is 2.54. The highest BCUT2D eigenvalue weighted by Gasteiger charge is 2.09. The molecule has 0 spiro atoms. The molecule has 0 saturated carbocycles. The molecule has 0 aliphatic carbocycles. The van der Waals surface area contributed by atoms with Crippen LogP contribution >= 0.6 is 0 Å². The van der Waals surface area contributed by atoms with Gasteiger partial charge >= 0.3 is 0 Å². The van der Waals surface area contributed by atoms with Gasteiger partial charge in [0.05, 0.1) is 5.52 Å². The molecule has 112 valence electrons.